The quantitative estimate of drug-likeness (QED) is 0.621. The molecule has 4 nitrogen and oxygen atoms in total. The molecule has 0 bridgehead atoms. The van der Waals surface area contributed by atoms with E-state index < -0.39 is 0 Å². The summed E-state index contributed by atoms with van der Waals surface area (Å²) in [4.78, 5) is 25.8. The van der Waals surface area contributed by atoms with Crippen molar-refractivity contribution in [3.8, 4) is 0 Å². The number of carbonyl (C=O) groups excluding carboxylic acids is 2. The fourth-order valence-corrected chi connectivity index (χ4v) is 3.43. The van der Waals surface area contributed by atoms with Crippen molar-refractivity contribution >= 4 is 44.8 Å². The van der Waals surface area contributed by atoms with Crippen molar-refractivity contribution in [2.24, 2.45) is 0 Å². The Labute approximate surface area is 112 Å². The molecule has 1 aliphatic heterocycles. The summed E-state index contributed by atoms with van der Waals surface area (Å²) >= 11 is 4.75. The number of alkyl halides is 1. The van der Waals surface area contributed by atoms with E-state index in [1.807, 2.05) is 12.3 Å². The topological polar surface area (TPSA) is 46.6 Å². The molecule has 1 atom stereocenters. The zero-order chi connectivity index (χ0) is 12.6. The lowest BCUT2D eigenvalue weighted by atomic mass is 10.2. The summed E-state index contributed by atoms with van der Waals surface area (Å²) in [5.41, 5.74) is 1.64. The maximum atomic E-state index is 11.8. The number of carbonyl (C=O) groups is 2. The molecule has 0 aromatic carbocycles. The molecule has 1 unspecified atom stereocenters. The van der Waals surface area contributed by atoms with E-state index in [0.29, 0.717) is 23.5 Å². The Morgan fingerprint density at radius 2 is 2.35 bits per heavy atom. The predicted molar refractivity (Wildman–Crippen MR) is 70.1 cm³/mol. The van der Waals surface area contributed by atoms with E-state index in [2.05, 4.69) is 15.9 Å². The standard InChI is InChI=1S/C11H12BrNO3S/c1-6-5-17-10(11(15)16-2)9(6)13-4-7(12)3-8(13)14/h5,7H,3-4H2,1-2H3. The van der Waals surface area contributed by atoms with Crippen LogP contribution >= 0.6 is 27.3 Å². The molecule has 1 saturated heterocycles. The molecule has 6 heteroatoms. The molecule has 92 valence electrons. The Balaban J connectivity index is 2.41. The minimum absolute atomic E-state index is 0.0403. The van der Waals surface area contributed by atoms with Gasteiger partial charge in [-0.3, -0.25) is 4.79 Å². The van der Waals surface area contributed by atoms with Crippen LogP contribution in [0.5, 0.6) is 0 Å². The van der Waals surface area contributed by atoms with Gasteiger partial charge in [-0.25, -0.2) is 4.79 Å². The minimum Gasteiger partial charge on any atom is -0.465 e. The highest BCUT2D eigenvalue weighted by molar-refractivity contribution is 9.09. The average molecular weight is 318 g/mol. The number of hydrogen-bond acceptors (Lipinski definition) is 4. The molecule has 2 heterocycles. The highest BCUT2D eigenvalue weighted by atomic mass is 79.9. The highest BCUT2D eigenvalue weighted by Gasteiger charge is 2.33. The second-order valence-electron chi connectivity index (χ2n) is 3.89. The number of methoxy groups -OCH3 is 1. The highest BCUT2D eigenvalue weighted by Crippen LogP contribution is 2.35. The molecule has 1 aliphatic rings. The van der Waals surface area contributed by atoms with Crippen LogP contribution in [0.1, 0.15) is 21.7 Å². The lowest BCUT2D eigenvalue weighted by Crippen LogP contribution is -2.26. The van der Waals surface area contributed by atoms with Gasteiger partial charge in [-0.05, 0) is 17.9 Å². The average Bonchev–Trinajstić information content (AvgIpc) is 2.80. The number of thiophene rings is 1. The Hall–Kier alpha value is -0.880. The number of anilines is 1. The normalized spacial score (nSPS) is 19.8. The molecule has 1 fully saturated rings. The molecule has 1 aromatic heterocycles. The summed E-state index contributed by atoms with van der Waals surface area (Å²) in [5, 5.41) is 1.87. The van der Waals surface area contributed by atoms with Crippen molar-refractivity contribution in [3.05, 3.63) is 15.8 Å². The van der Waals surface area contributed by atoms with Crippen LogP contribution in [0.2, 0.25) is 0 Å². The Morgan fingerprint density at radius 3 is 2.88 bits per heavy atom. The predicted octanol–water partition coefficient (Wildman–Crippen LogP) is 2.34. The van der Waals surface area contributed by atoms with Crippen molar-refractivity contribution in [3.63, 3.8) is 0 Å². The van der Waals surface area contributed by atoms with E-state index in [1.165, 1.54) is 18.4 Å². The number of ether oxygens (including phenoxy) is 1. The van der Waals surface area contributed by atoms with Gasteiger partial charge in [0, 0.05) is 17.8 Å². The molecule has 17 heavy (non-hydrogen) atoms. The van der Waals surface area contributed by atoms with E-state index in [0.717, 1.165) is 5.56 Å². The maximum absolute atomic E-state index is 11.8. The van der Waals surface area contributed by atoms with E-state index in [-0.39, 0.29) is 16.7 Å². The van der Waals surface area contributed by atoms with E-state index >= 15 is 0 Å². The number of nitrogens with zero attached hydrogens (tertiary/aromatic N) is 1. The fourth-order valence-electron chi connectivity index (χ4n) is 1.89. The van der Waals surface area contributed by atoms with Gasteiger partial charge in [-0.1, -0.05) is 15.9 Å². The fraction of sp³-hybridized carbons (Fsp3) is 0.455. The van der Waals surface area contributed by atoms with Gasteiger partial charge in [-0.2, -0.15) is 0 Å². The number of hydrogen-bond donors (Lipinski definition) is 0. The second kappa shape index (κ2) is 4.78. The van der Waals surface area contributed by atoms with Crippen LogP contribution in [-0.2, 0) is 9.53 Å². The monoisotopic (exact) mass is 317 g/mol. The first-order chi connectivity index (χ1) is 8.04. The van der Waals surface area contributed by atoms with Crippen molar-refractivity contribution in [2.75, 3.05) is 18.6 Å². The van der Waals surface area contributed by atoms with Gasteiger partial charge in [0.25, 0.3) is 0 Å². The van der Waals surface area contributed by atoms with Crippen LogP contribution < -0.4 is 4.90 Å². The summed E-state index contributed by atoms with van der Waals surface area (Å²) in [7, 11) is 1.35. The molecule has 1 amide bonds. The number of halogens is 1. The molecule has 1 aromatic rings. The third kappa shape index (κ3) is 2.24. The van der Waals surface area contributed by atoms with E-state index in [4.69, 9.17) is 4.74 Å². The smallest absolute Gasteiger partial charge is 0.350 e. The van der Waals surface area contributed by atoms with E-state index in [1.54, 1.807) is 4.90 Å². The SMILES string of the molecule is COC(=O)c1scc(C)c1N1CC(Br)CC1=O. The summed E-state index contributed by atoms with van der Waals surface area (Å²) in [6.45, 7) is 2.49. The molecule has 0 saturated carbocycles. The Bertz CT molecular complexity index is 471. The number of aryl methyl sites for hydroxylation is 1. The van der Waals surface area contributed by atoms with Gasteiger partial charge in [0.15, 0.2) is 0 Å². The molecule has 2 rings (SSSR count). The van der Waals surface area contributed by atoms with Gasteiger partial charge in [0.05, 0.1) is 12.8 Å². The first-order valence-corrected chi connectivity index (χ1v) is 6.95. The van der Waals surface area contributed by atoms with Crippen molar-refractivity contribution in [1.82, 2.24) is 0 Å². The third-order valence-electron chi connectivity index (χ3n) is 2.66. The lowest BCUT2D eigenvalue weighted by Gasteiger charge is -2.17. The van der Waals surface area contributed by atoms with Crippen LogP contribution in [0.25, 0.3) is 0 Å². The Morgan fingerprint density at radius 1 is 1.65 bits per heavy atom. The second-order valence-corrected chi connectivity index (χ2v) is 6.07. The van der Waals surface area contributed by atoms with Crippen LogP contribution in [0.15, 0.2) is 5.38 Å². The Kier molecular flexibility index (Phi) is 3.53. The molecular formula is C11H12BrNO3S. The van der Waals surface area contributed by atoms with Crippen LogP contribution in [0.4, 0.5) is 5.69 Å². The summed E-state index contributed by atoms with van der Waals surface area (Å²) in [6.07, 6.45) is 0.468. The van der Waals surface area contributed by atoms with Crippen LogP contribution in [-0.4, -0.2) is 30.4 Å². The van der Waals surface area contributed by atoms with Gasteiger partial charge in [0.1, 0.15) is 4.88 Å². The molecule has 0 aliphatic carbocycles. The van der Waals surface area contributed by atoms with Gasteiger partial charge in [0.2, 0.25) is 5.91 Å². The first kappa shape index (κ1) is 12.6. The van der Waals surface area contributed by atoms with E-state index in [9.17, 15) is 9.59 Å². The minimum atomic E-state index is -0.385. The third-order valence-corrected chi connectivity index (χ3v) is 4.34. The first-order valence-electron chi connectivity index (χ1n) is 5.15. The van der Waals surface area contributed by atoms with Gasteiger partial charge >= 0.3 is 5.97 Å². The van der Waals surface area contributed by atoms with Gasteiger partial charge in [-0.15, -0.1) is 11.3 Å². The molecule has 0 spiro atoms. The summed E-state index contributed by atoms with van der Waals surface area (Å²) in [5.74, 6) is -0.345. The van der Waals surface area contributed by atoms with Crippen molar-refractivity contribution in [1.29, 1.82) is 0 Å². The van der Waals surface area contributed by atoms with Crippen molar-refractivity contribution in [2.45, 2.75) is 18.2 Å². The van der Waals surface area contributed by atoms with Gasteiger partial charge < -0.3 is 9.64 Å². The molecule has 0 radical (unpaired) electrons. The van der Waals surface area contributed by atoms with Crippen molar-refractivity contribution < 1.29 is 14.3 Å². The number of esters is 1. The lowest BCUT2D eigenvalue weighted by molar-refractivity contribution is -0.117. The number of amides is 1. The van der Waals surface area contributed by atoms with Crippen LogP contribution in [0.3, 0.4) is 0 Å². The number of rotatable bonds is 2. The molecular weight excluding hydrogens is 306 g/mol. The summed E-state index contributed by atoms with van der Waals surface area (Å²) < 4.78 is 4.73. The zero-order valence-corrected chi connectivity index (χ0v) is 11.9. The summed E-state index contributed by atoms with van der Waals surface area (Å²) in [6, 6.07) is 0. The maximum Gasteiger partial charge on any atom is 0.350 e. The molecule has 0 N–H and O–H groups in total. The zero-order valence-electron chi connectivity index (χ0n) is 9.53. The largest absolute Gasteiger partial charge is 0.465 e. The van der Waals surface area contributed by atoms with Crippen LogP contribution in [0, 0.1) is 6.92 Å².